The van der Waals surface area contributed by atoms with Crippen LogP contribution < -0.4 is 14.5 Å². The quantitative estimate of drug-likeness (QED) is 0.798. The largest absolute Gasteiger partial charge is 0.490 e. The molecule has 2 aromatic rings. The predicted octanol–water partition coefficient (Wildman–Crippen LogP) is 1.73. The van der Waals surface area contributed by atoms with E-state index in [1.807, 2.05) is 38.2 Å². The molecule has 7 nitrogen and oxygen atoms in total. The van der Waals surface area contributed by atoms with E-state index in [0.717, 1.165) is 23.6 Å². The number of likely N-dealkylation sites (N-methyl/N-ethyl adjacent to an activating group) is 1. The lowest BCUT2D eigenvalue weighted by molar-refractivity contribution is 0.310. The maximum Gasteiger partial charge on any atom is 0.243 e. The van der Waals surface area contributed by atoms with Crippen molar-refractivity contribution in [3.8, 4) is 5.75 Å². The second kappa shape index (κ2) is 7.01. The van der Waals surface area contributed by atoms with E-state index in [2.05, 4.69) is 14.8 Å². The molecule has 144 valence electrons. The summed E-state index contributed by atoms with van der Waals surface area (Å²) in [4.78, 5) is 8.90. The maximum absolute atomic E-state index is 13.2. The fourth-order valence-electron chi connectivity index (χ4n) is 3.60. The number of piperazine rings is 1. The van der Waals surface area contributed by atoms with Crippen LogP contribution in [0.4, 0.5) is 11.5 Å². The Labute approximate surface area is 160 Å². The van der Waals surface area contributed by atoms with Gasteiger partial charge in [-0.25, -0.2) is 13.4 Å². The maximum atomic E-state index is 13.2. The number of fused-ring (bicyclic) bond motifs is 1. The van der Waals surface area contributed by atoms with E-state index < -0.39 is 10.0 Å². The molecular weight excluding hydrogens is 364 g/mol. The van der Waals surface area contributed by atoms with Crippen molar-refractivity contribution < 1.29 is 13.2 Å². The summed E-state index contributed by atoms with van der Waals surface area (Å²) in [5, 5.41) is 0. The molecule has 1 aromatic carbocycles. The number of sulfonamides is 1. The Balaban J connectivity index is 1.56. The third-order valence-electron chi connectivity index (χ3n) is 5.18. The molecule has 0 radical (unpaired) electrons. The number of aryl methyl sites for hydroxylation is 1. The minimum atomic E-state index is -3.56. The molecule has 3 heterocycles. The van der Waals surface area contributed by atoms with E-state index in [-0.39, 0.29) is 0 Å². The van der Waals surface area contributed by atoms with Gasteiger partial charge in [-0.1, -0.05) is 6.07 Å². The fourth-order valence-corrected chi connectivity index (χ4v) is 5.24. The SMILES string of the molecule is Cc1cc2c(cc1S(=O)(=O)N1CCN(c3ccccn3)CC1)OCCN2C. The minimum Gasteiger partial charge on any atom is -0.490 e. The van der Waals surface area contributed by atoms with Gasteiger partial charge in [-0.2, -0.15) is 4.31 Å². The van der Waals surface area contributed by atoms with E-state index in [4.69, 9.17) is 4.74 Å². The smallest absolute Gasteiger partial charge is 0.243 e. The highest BCUT2D eigenvalue weighted by molar-refractivity contribution is 7.89. The Morgan fingerprint density at radius 3 is 2.56 bits per heavy atom. The summed E-state index contributed by atoms with van der Waals surface area (Å²) in [5.41, 5.74) is 1.69. The van der Waals surface area contributed by atoms with Crippen LogP contribution in [0.1, 0.15) is 5.56 Å². The second-order valence-corrected chi connectivity index (χ2v) is 8.84. The molecule has 0 spiro atoms. The summed E-state index contributed by atoms with van der Waals surface area (Å²) in [6.07, 6.45) is 1.76. The molecule has 1 aromatic heterocycles. The molecule has 2 aliphatic rings. The van der Waals surface area contributed by atoms with E-state index in [9.17, 15) is 8.42 Å². The van der Waals surface area contributed by atoms with Crippen LogP contribution in [0.15, 0.2) is 41.4 Å². The van der Waals surface area contributed by atoms with E-state index >= 15 is 0 Å². The first-order valence-electron chi connectivity index (χ1n) is 9.11. The number of hydrogen-bond acceptors (Lipinski definition) is 6. The zero-order valence-electron chi connectivity index (χ0n) is 15.6. The van der Waals surface area contributed by atoms with Crippen molar-refractivity contribution in [1.29, 1.82) is 0 Å². The van der Waals surface area contributed by atoms with Crippen LogP contribution in [0.3, 0.4) is 0 Å². The summed E-state index contributed by atoms with van der Waals surface area (Å²) in [5.74, 6) is 1.52. The summed E-state index contributed by atoms with van der Waals surface area (Å²) in [7, 11) is -1.57. The molecule has 0 atom stereocenters. The molecule has 0 bridgehead atoms. The summed E-state index contributed by atoms with van der Waals surface area (Å²) >= 11 is 0. The van der Waals surface area contributed by atoms with Crippen molar-refractivity contribution in [1.82, 2.24) is 9.29 Å². The number of benzene rings is 1. The van der Waals surface area contributed by atoms with Crippen molar-refractivity contribution in [2.24, 2.45) is 0 Å². The third kappa shape index (κ3) is 3.35. The summed E-state index contributed by atoms with van der Waals surface area (Å²) < 4.78 is 33.8. The highest BCUT2D eigenvalue weighted by atomic mass is 32.2. The van der Waals surface area contributed by atoms with Crippen molar-refractivity contribution in [3.63, 3.8) is 0 Å². The number of pyridine rings is 1. The monoisotopic (exact) mass is 388 g/mol. The van der Waals surface area contributed by atoms with Gasteiger partial charge < -0.3 is 14.5 Å². The van der Waals surface area contributed by atoms with Crippen LogP contribution in [-0.2, 0) is 10.0 Å². The van der Waals surface area contributed by atoms with Crippen molar-refractivity contribution >= 4 is 21.5 Å². The predicted molar refractivity (Wildman–Crippen MR) is 105 cm³/mol. The van der Waals surface area contributed by atoms with Gasteiger partial charge in [-0.3, -0.25) is 0 Å². The molecule has 4 rings (SSSR count). The Bertz CT molecular complexity index is 925. The van der Waals surface area contributed by atoms with Gasteiger partial charge in [-0.15, -0.1) is 0 Å². The molecule has 0 saturated carbocycles. The topological polar surface area (TPSA) is 66.0 Å². The molecule has 1 fully saturated rings. The second-order valence-electron chi connectivity index (χ2n) is 6.93. The highest BCUT2D eigenvalue weighted by Gasteiger charge is 2.31. The minimum absolute atomic E-state index is 0.336. The Kier molecular flexibility index (Phi) is 4.69. The van der Waals surface area contributed by atoms with Gasteiger partial charge in [0.2, 0.25) is 10.0 Å². The summed E-state index contributed by atoms with van der Waals surface area (Å²) in [6, 6.07) is 9.36. The number of anilines is 2. The Morgan fingerprint density at radius 2 is 1.85 bits per heavy atom. The van der Waals surface area contributed by atoms with E-state index in [1.165, 1.54) is 0 Å². The van der Waals surface area contributed by atoms with Gasteiger partial charge >= 0.3 is 0 Å². The molecule has 0 N–H and O–H groups in total. The molecule has 0 amide bonds. The molecule has 0 aliphatic carbocycles. The van der Waals surface area contributed by atoms with Gasteiger partial charge in [0.25, 0.3) is 0 Å². The van der Waals surface area contributed by atoms with Crippen molar-refractivity contribution in [2.45, 2.75) is 11.8 Å². The van der Waals surface area contributed by atoms with Gasteiger partial charge in [-0.05, 0) is 30.7 Å². The van der Waals surface area contributed by atoms with Crippen LogP contribution in [0.2, 0.25) is 0 Å². The van der Waals surface area contributed by atoms with Crippen molar-refractivity contribution in [2.75, 3.05) is 56.2 Å². The zero-order chi connectivity index (χ0) is 19.0. The van der Waals surface area contributed by atoms with Gasteiger partial charge in [0.05, 0.1) is 17.1 Å². The van der Waals surface area contributed by atoms with Crippen LogP contribution in [0.5, 0.6) is 5.75 Å². The number of aromatic nitrogens is 1. The lowest BCUT2D eigenvalue weighted by Crippen LogP contribution is -2.49. The molecule has 1 saturated heterocycles. The molecule has 8 heteroatoms. The van der Waals surface area contributed by atoms with Crippen LogP contribution in [0.25, 0.3) is 0 Å². The standard InChI is InChI=1S/C19H24N4O3S/c1-15-13-16-17(26-12-11-21(16)2)14-18(15)27(24,25)23-9-7-22(8-10-23)19-5-3-4-6-20-19/h3-6,13-14H,7-12H2,1-2H3. The first-order chi connectivity index (χ1) is 13.0. The first kappa shape index (κ1) is 18.1. The van der Waals surface area contributed by atoms with E-state index in [0.29, 0.717) is 43.4 Å². The lowest BCUT2D eigenvalue weighted by Gasteiger charge is -2.35. The molecular formula is C19H24N4O3S. The average Bonchev–Trinajstić information content (AvgIpc) is 2.69. The van der Waals surface area contributed by atoms with Crippen LogP contribution in [0, 0.1) is 6.92 Å². The van der Waals surface area contributed by atoms with Gasteiger partial charge in [0.1, 0.15) is 18.2 Å². The van der Waals surface area contributed by atoms with Crippen molar-refractivity contribution in [3.05, 3.63) is 42.1 Å². The number of nitrogens with zero attached hydrogens (tertiary/aromatic N) is 4. The van der Waals surface area contributed by atoms with Crippen LogP contribution >= 0.6 is 0 Å². The zero-order valence-corrected chi connectivity index (χ0v) is 16.4. The van der Waals surface area contributed by atoms with Crippen LogP contribution in [-0.4, -0.2) is 64.1 Å². The Hall–Kier alpha value is -2.32. The van der Waals surface area contributed by atoms with E-state index in [1.54, 1.807) is 16.6 Å². The molecule has 0 unspecified atom stereocenters. The van der Waals surface area contributed by atoms with Gasteiger partial charge in [0, 0.05) is 45.5 Å². The highest BCUT2D eigenvalue weighted by Crippen LogP contribution is 2.36. The normalized spacial score (nSPS) is 18.1. The molecule has 2 aliphatic heterocycles. The number of ether oxygens (including phenoxy) is 1. The third-order valence-corrected chi connectivity index (χ3v) is 7.22. The first-order valence-corrected chi connectivity index (χ1v) is 10.6. The summed E-state index contributed by atoms with van der Waals surface area (Å²) in [6.45, 7) is 5.34. The fraction of sp³-hybridized carbons (Fsp3) is 0.421. The molecule has 27 heavy (non-hydrogen) atoms. The van der Waals surface area contributed by atoms with Gasteiger partial charge in [0.15, 0.2) is 0 Å². The average molecular weight is 388 g/mol. The number of hydrogen-bond donors (Lipinski definition) is 0. The lowest BCUT2D eigenvalue weighted by atomic mass is 10.1. The Morgan fingerprint density at radius 1 is 1.07 bits per heavy atom. The number of rotatable bonds is 3.